The molecule has 1 saturated heterocycles. The topological polar surface area (TPSA) is 66.6 Å². The number of oxazole rings is 1. The molecule has 0 bridgehead atoms. The van der Waals surface area contributed by atoms with E-state index in [1.54, 1.807) is 11.8 Å². The third-order valence-corrected chi connectivity index (χ3v) is 2.77. The van der Waals surface area contributed by atoms with E-state index < -0.39 is 0 Å². The second-order valence-corrected chi connectivity index (χ2v) is 3.86. The zero-order valence-corrected chi connectivity index (χ0v) is 8.64. The van der Waals surface area contributed by atoms with E-state index >= 15 is 0 Å². The van der Waals surface area contributed by atoms with Gasteiger partial charge in [-0.1, -0.05) is 0 Å². The summed E-state index contributed by atoms with van der Waals surface area (Å²) in [6.07, 6.45) is 2.14. The fraction of sp³-hybridized carbons (Fsp3) is 0.600. The van der Waals surface area contributed by atoms with Crippen LogP contribution in [0.2, 0.25) is 0 Å². The summed E-state index contributed by atoms with van der Waals surface area (Å²) in [5.74, 6) is 0.395. The van der Waals surface area contributed by atoms with Crippen molar-refractivity contribution >= 4 is 5.91 Å². The lowest BCUT2D eigenvalue weighted by molar-refractivity contribution is 0.0749. The van der Waals surface area contributed by atoms with Crippen LogP contribution >= 0.6 is 0 Å². The molecule has 1 unspecified atom stereocenters. The van der Waals surface area contributed by atoms with E-state index in [2.05, 4.69) is 4.98 Å². The van der Waals surface area contributed by atoms with Crippen molar-refractivity contribution in [1.82, 2.24) is 9.88 Å². The summed E-state index contributed by atoms with van der Waals surface area (Å²) in [7, 11) is 0. The first-order valence-electron chi connectivity index (χ1n) is 5.02. The monoisotopic (exact) mass is 210 g/mol. The Bertz CT molecular complexity index is 361. The molecular weight excluding hydrogens is 196 g/mol. The van der Waals surface area contributed by atoms with Gasteiger partial charge in [0.05, 0.1) is 5.69 Å². The van der Waals surface area contributed by atoms with Crippen molar-refractivity contribution in [3.8, 4) is 0 Å². The Balaban J connectivity index is 2.07. The highest BCUT2D eigenvalue weighted by molar-refractivity contribution is 5.92. The molecule has 82 valence electrons. The Morgan fingerprint density at radius 2 is 2.60 bits per heavy atom. The summed E-state index contributed by atoms with van der Waals surface area (Å²) in [6, 6.07) is 0. The van der Waals surface area contributed by atoms with Gasteiger partial charge < -0.3 is 14.4 Å². The van der Waals surface area contributed by atoms with Gasteiger partial charge >= 0.3 is 0 Å². The minimum Gasteiger partial charge on any atom is -0.438 e. The molecule has 1 aromatic heterocycles. The molecule has 5 nitrogen and oxygen atoms in total. The fourth-order valence-corrected chi connectivity index (χ4v) is 1.82. The van der Waals surface area contributed by atoms with Crippen molar-refractivity contribution in [2.75, 3.05) is 19.7 Å². The van der Waals surface area contributed by atoms with E-state index in [1.165, 1.54) is 6.39 Å². The molecule has 0 spiro atoms. The number of carbonyl (C=O) groups is 1. The van der Waals surface area contributed by atoms with Crippen LogP contribution in [0.4, 0.5) is 0 Å². The standard InChI is InChI=1S/C10H14N2O3/c1-7-9(15-6-11-7)10(14)12-3-2-8(4-12)5-13/h6,8,13H,2-5H2,1H3. The number of aryl methyl sites for hydroxylation is 1. The average Bonchev–Trinajstić information content (AvgIpc) is 2.84. The van der Waals surface area contributed by atoms with Gasteiger partial charge in [0.25, 0.3) is 5.91 Å². The summed E-state index contributed by atoms with van der Waals surface area (Å²) in [4.78, 5) is 17.5. The third kappa shape index (κ3) is 1.87. The summed E-state index contributed by atoms with van der Waals surface area (Å²) < 4.78 is 5.04. The zero-order chi connectivity index (χ0) is 10.8. The van der Waals surface area contributed by atoms with Crippen LogP contribution < -0.4 is 0 Å². The summed E-state index contributed by atoms with van der Waals surface area (Å²) in [5, 5.41) is 8.98. The highest BCUT2D eigenvalue weighted by Crippen LogP contribution is 2.19. The van der Waals surface area contributed by atoms with Crippen LogP contribution in [-0.2, 0) is 0 Å². The molecule has 1 fully saturated rings. The lowest BCUT2D eigenvalue weighted by Crippen LogP contribution is -2.29. The number of carbonyl (C=O) groups excluding carboxylic acids is 1. The highest BCUT2D eigenvalue weighted by Gasteiger charge is 2.28. The molecule has 15 heavy (non-hydrogen) atoms. The third-order valence-electron chi connectivity index (χ3n) is 2.77. The van der Waals surface area contributed by atoms with Gasteiger partial charge in [-0.05, 0) is 13.3 Å². The number of aromatic nitrogens is 1. The van der Waals surface area contributed by atoms with E-state index in [9.17, 15) is 4.79 Å². The lowest BCUT2D eigenvalue weighted by atomic mass is 10.1. The molecule has 1 atom stereocenters. The average molecular weight is 210 g/mol. The van der Waals surface area contributed by atoms with Crippen molar-refractivity contribution in [2.24, 2.45) is 5.92 Å². The summed E-state index contributed by atoms with van der Waals surface area (Å²) >= 11 is 0. The van der Waals surface area contributed by atoms with E-state index in [4.69, 9.17) is 9.52 Å². The van der Waals surface area contributed by atoms with Crippen LogP contribution in [-0.4, -0.2) is 40.6 Å². The van der Waals surface area contributed by atoms with Crippen molar-refractivity contribution in [1.29, 1.82) is 0 Å². The zero-order valence-electron chi connectivity index (χ0n) is 8.64. The normalized spacial score (nSPS) is 20.9. The second kappa shape index (κ2) is 4.02. The van der Waals surface area contributed by atoms with E-state index in [0.29, 0.717) is 24.5 Å². The van der Waals surface area contributed by atoms with Gasteiger partial charge in [-0.2, -0.15) is 0 Å². The minimum absolute atomic E-state index is 0.124. The number of hydrogen-bond donors (Lipinski definition) is 1. The molecule has 2 rings (SSSR count). The highest BCUT2D eigenvalue weighted by atomic mass is 16.3. The molecule has 1 aliphatic heterocycles. The molecule has 1 aromatic rings. The Kier molecular flexibility index (Phi) is 2.73. The first-order chi connectivity index (χ1) is 7.22. The van der Waals surface area contributed by atoms with Gasteiger partial charge in [-0.15, -0.1) is 0 Å². The van der Waals surface area contributed by atoms with Gasteiger partial charge in [-0.25, -0.2) is 4.98 Å². The number of amides is 1. The van der Waals surface area contributed by atoms with Crippen LogP contribution in [0.1, 0.15) is 22.7 Å². The maximum Gasteiger partial charge on any atom is 0.291 e. The van der Waals surface area contributed by atoms with Crippen LogP contribution in [0, 0.1) is 12.8 Å². The largest absolute Gasteiger partial charge is 0.438 e. The number of nitrogens with zero attached hydrogens (tertiary/aromatic N) is 2. The Morgan fingerprint density at radius 3 is 3.13 bits per heavy atom. The van der Waals surface area contributed by atoms with Crippen LogP contribution in [0.3, 0.4) is 0 Å². The molecule has 0 saturated carbocycles. The van der Waals surface area contributed by atoms with Crippen molar-refractivity contribution in [3.63, 3.8) is 0 Å². The molecule has 0 aliphatic carbocycles. The van der Waals surface area contributed by atoms with Crippen molar-refractivity contribution in [2.45, 2.75) is 13.3 Å². The summed E-state index contributed by atoms with van der Waals surface area (Å²) in [5.41, 5.74) is 0.618. The predicted molar refractivity (Wildman–Crippen MR) is 52.3 cm³/mol. The second-order valence-electron chi connectivity index (χ2n) is 3.86. The smallest absolute Gasteiger partial charge is 0.291 e. The van der Waals surface area contributed by atoms with E-state index in [0.717, 1.165) is 6.42 Å². The van der Waals surface area contributed by atoms with Gasteiger partial charge in [0, 0.05) is 25.6 Å². The van der Waals surface area contributed by atoms with Gasteiger partial charge in [-0.3, -0.25) is 4.79 Å². The number of rotatable bonds is 2. The Morgan fingerprint density at radius 1 is 1.80 bits per heavy atom. The number of aliphatic hydroxyl groups is 1. The summed E-state index contributed by atoms with van der Waals surface area (Å²) in [6.45, 7) is 3.18. The van der Waals surface area contributed by atoms with Gasteiger partial charge in [0.2, 0.25) is 5.76 Å². The van der Waals surface area contributed by atoms with Gasteiger partial charge in [0.1, 0.15) is 0 Å². The minimum atomic E-state index is -0.124. The lowest BCUT2D eigenvalue weighted by Gasteiger charge is -2.14. The SMILES string of the molecule is Cc1ncoc1C(=O)N1CCC(CO)C1. The first kappa shape index (κ1) is 10.2. The molecule has 0 aromatic carbocycles. The van der Waals surface area contributed by atoms with Crippen LogP contribution in [0.15, 0.2) is 10.8 Å². The molecule has 5 heteroatoms. The Hall–Kier alpha value is -1.36. The number of hydrogen-bond acceptors (Lipinski definition) is 4. The number of likely N-dealkylation sites (tertiary alicyclic amines) is 1. The molecular formula is C10H14N2O3. The van der Waals surface area contributed by atoms with Crippen LogP contribution in [0.5, 0.6) is 0 Å². The fourth-order valence-electron chi connectivity index (χ4n) is 1.82. The number of aliphatic hydroxyl groups excluding tert-OH is 1. The van der Waals surface area contributed by atoms with E-state index in [1.807, 2.05) is 0 Å². The quantitative estimate of drug-likeness (QED) is 0.769. The first-order valence-corrected chi connectivity index (χ1v) is 5.02. The van der Waals surface area contributed by atoms with Crippen LogP contribution in [0.25, 0.3) is 0 Å². The van der Waals surface area contributed by atoms with Crippen molar-refractivity contribution in [3.05, 3.63) is 17.8 Å². The van der Waals surface area contributed by atoms with Gasteiger partial charge in [0.15, 0.2) is 6.39 Å². The molecule has 2 heterocycles. The molecule has 0 radical (unpaired) electrons. The molecule has 1 N–H and O–H groups in total. The predicted octanol–water partition coefficient (Wildman–Crippen LogP) is 0.437. The van der Waals surface area contributed by atoms with E-state index in [-0.39, 0.29) is 18.4 Å². The molecule has 1 aliphatic rings. The van der Waals surface area contributed by atoms with Crippen molar-refractivity contribution < 1.29 is 14.3 Å². The maximum absolute atomic E-state index is 11.9. The maximum atomic E-state index is 11.9. The Labute approximate surface area is 87.7 Å². The molecule has 1 amide bonds.